The smallest absolute Gasteiger partial charge is 0.224 e. The molecule has 5 nitrogen and oxygen atoms in total. The zero-order valence-corrected chi connectivity index (χ0v) is 16.8. The van der Waals surface area contributed by atoms with Gasteiger partial charge < -0.3 is 14.4 Å². The van der Waals surface area contributed by atoms with Gasteiger partial charge in [0.2, 0.25) is 11.8 Å². The first-order valence-corrected chi connectivity index (χ1v) is 9.79. The normalized spacial score (nSPS) is 19.3. The zero-order chi connectivity index (χ0) is 20.1. The van der Waals surface area contributed by atoms with Gasteiger partial charge in [0, 0.05) is 35.3 Å². The van der Waals surface area contributed by atoms with E-state index in [0.717, 1.165) is 33.5 Å². The summed E-state index contributed by atoms with van der Waals surface area (Å²) in [5, 5.41) is 0.639. The van der Waals surface area contributed by atoms with Crippen molar-refractivity contribution in [1.82, 2.24) is 4.98 Å². The number of ether oxygens (including phenoxy) is 2. The Bertz CT molecular complexity index is 1110. The van der Waals surface area contributed by atoms with Crippen molar-refractivity contribution in [3.05, 3.63) is 76.4 Å². The quantitative estimate of drug-likeness (QED) is 0.556. The Balaban J connectivity index is 1.59. The van der Waals surface area contributed by atoms with Crippen molar-refractivity contribution in [2.75, 3.05) is 12.0 Å². The van der Waals surface area contributed by atoms with Crippen molar-refractivity contribution < 1.29 is 14.3 Å². The lowest BCUT2D eigenvalue weighted by atomic mass is 9.92. The molecule has 2 atom stereocenters. The first-order chi connectivity index (χ1) is 14.0. The van der Waals surface area contributed by atoms with Gasteiger partial charge >= 0.3 is 0 Å². The van der Waals surface area contributed by atoms with Crippen molar-refractivity contribution in [2.45, 2.75) is 25.7 Å². The van der Waals surface area contributed by atoms with Gasteiger partial charge in [-0.3, -0.25) is 4.79 Å². The molecule has 0 radical (unpaired) electrons. The van der Waals surface area contributed by atoms with Crippen molar-refractivity contribution >= 4 is 23.2 Å². The van der Waals surface area contributed by atoms with E-state index in [1.165, 1.54) is 0 Å². The fourth-order valence-corrected chi connectivity index (χ4v) is 4.16. The molecule has 146 valence electrons. The number of aromatic nitrogens is 1. The van der Waals surface area contributed by atoms with Crippen molar-refractivity contribution in [1.29, 1.82) is 0 Å². The number of carbonyl (C=O) groups is 1. The average Bonchev–Trinajstić information content (AvgIpc) is 3.51. The van der Waals surface area contributed by atoms with E-state index in [9.17, 15) is 4.79 Å². The van der Waals surface area contributed by atoms with Gasteiger partial charge in [-0.15, -0.1) is 0 Å². The molecule has 29 heavy (non-hydrogen) atoms. The van der Waals surface area contributed by atoms with Crippen LogP contribution in [0.1, 0.15) is 35.8 Å². The molecular weight excluding hydrogens is 388 g/mol. The lowest BCUT2D eigenvalue weighted by Crippen LogP contribution is -2.30. The fourth-order valence-electron chi connectivity index (χ4n) is 3.98. The molecule has 1 fully saturated rings. The van der Waals surface area contributed by atoms with Crippen LogP contribution in [0, 0.1) is 0 Å². The molecule has 0 spiro atoms. The molecule has 1 amide bonds. The molecule has 3 heterocycles. The average molecular weight is 407 g/mol. The third-order valence-electron chi connectivity index (χ3n) is 5.52. The van der Waals surface area contributed by atoms with E-state index in [4.69, 9.17) is 21.1 Å². The molecule has 1 saturated heterocycles. The summed E-state index contributed by atoms with van der Waals surface area (Å²) in [7, 11) is 1.60. The number of epoxide rings is 1. The van der Waals surface area contributed by atoms with Crippen molar-refractivity contribution in [3.8, 4) is 17.0 Å². The summed E-state index contributed by atoms with van der Waals surface area (Å²) < 4.78 is 11.2. The minimum atomic E-state index is -0.103. The van der Waals surface area contributed by atoms with Gasteiger partial charge in [-0.2, -0.15) is 0 Å². The predicted octanol–water partition coefficient (Wildman–Crippen LogP) is 5.09. The maximum Gasteiger partial charge on any atom is 0.224 e. The summed E-state index contributed by atoms with van der Waals surface area (Å²) >= 11 is 6.24. The van der Waals surface area contributed by atoms with Gasteiger partial charge in [0.15, 0.2) is 0 Å². The van der Waals surface area contributed by atoms with Gasteiger partial charge in [0.1, 0.15) is 12.2 Å². The number of fused-ring (bicyclic) bond motifs is 5. The van der Waals surface area contributed by atoms with Gasteiger partial charge in [0.05, 0.1) is 19.3 Å². The summed E-state index contributed by atoms with van der Waals surface area (Å²) in [6.07, 6.45) is 1.65. The highest BCUT2D eigenvalue weighted by atomic mass is 35.5. The summed E-state index contributed by atoms with van der Waals surface area (Å²) in [6, 6.07) is 15.7. The standard InChI is InChI=1S/C23H19ClN2O3/c1-13(27)26-12-16-4-3-14(15-5-8-21(28-2)25-11-15)9-18(16)22-23(29-22)19-10-17(24)6-7-20(19)26/h3-11,22-23H,12H2,1-2H3. The number of hydrogen-bond acceptors (Lipinski definition) is 4. The lowest BCUT2D eigenvalue weighted by molar-refractivity contribution is -0.116. The number of hydrogen-bond donors (Lipinski definition) is 0. The van der Waals surface area contributed by atoms with Crippen molar-refractivity contribution in [3.63, 3.8) is 0 Å². The summed E-state index contributed by atoms with van der Waals surface area (Å²) in [5.41, 5.74) is 6.05. The van der Waals surface area contributed by atoms with Crippen LogP contribution in [0.15, 0.2) is 54.7 Å². The van der Waals surface area contributed by atoms with E-state index in [1.807, 2.05) is 30.3 Å². The Hall–Kier alpha value is -2.89. The molecular formula is C23H19ClN2O3. The van der Waals surface area contributed by atoms with E-state index >= 15 is 0 Å². The number of amides is 1. The number of pyridine rings is 1. The SMILES string of the molecule is COc1ccc(-c2ccc3c(c2)C2OC2c2cc(Cl)ccc2N(C(C)=O)C3)cn1. The van der Waals surface area contributed by atoms with Crippen LogP contribution < -0.4 is 9.64 Å². The van der Waals surface area contributed by atoms with Crippen LogP contribution in [0.3, 0.4) is 0 Å². The van der Waals surface area contributed by atoms with Crippen LogP contribution in [0.5, 0.6) is 5.88 Å². The topological polar surface area (TPSA) is 55.0 Å². The summed E-state index contributed by atoms with van der Waals surface area (Å²) in [5.74, 6) is 0.568. The van der Waals surface area contributed by atoms with Crippen LogP contribution in [-0.2, 0) is 16.1 Å². The first-order valence-electron chi connectivity index (χ1n) is 9.41. The summed E-state index contributed by atoms with van der Waals surface area (Å²) in [6.45, 7) is 2.08. The van der Waals surface area contributed by atoms with Crippen LogP contribution in [0.2, 0.25) is 5.02 Å². The van der Waals surface area contributed by atoms with E-state index in [1.54, 1.807) is 25.1 Å². The highest BCUT2D eigenvalue weighted by molar-refractivity contribution is 6.30. The second kappa shape index (κ2) is 6.87. The Morgan fingerprint density at radius 2 is 1.90 bits per heavy atom. The number of anilines is 1. The van der Waals surface area contributed by atoms with E-state index in [2.05, 4.69) is 23.2 Å². The Kier molecular flexibility index (Phi) is 4.30. The van der Waals surface area contributed by atoms with Crippen LogP contribution in [-0.4, -0.2) is 18.0 Å². The Morgan fingerprint density at radius 3 is 2.62 bits per heavy atom. The van der Waals surface area contributed by atoms with E-state index in [-0.39, 0.29) is 18.1 Å². The third-order valence-corrected chi connectivity index (χ3v) is 5.75. The zero-order valence-electron chi connectivity index (χ0n) is 16.1. The molecule has 0 saturated carbocycles. The van der Waals surface area contributed by atoms with Gasteiger partial charge in [-0.25, -0.2) is 4.98 Å². The monoisotopic (exact) mass is 406 g/mol. The number of methoxy groups -OCH3 is 1. The molecule has 2 unspecified atom stereocenters. The van der Waals surface area contributed by atoms with Gasteiger partial charge in [0.25, 0.3) is 0 Å². The van der Waals surface area contributed by atoms with Crippen LogP contribution in [0.4, 0.5) is 5.69 Å². The molecule has 2 aliphatic rings. The third kappa shape index (κ3) is 3.16. The molecule has 2 aliphatic heterocycles. The number of halogens is 1. The van der Waals surface area contributed by atoms with Crippen molar-refractivity contribution in [2.24, 2.45) is 0 Å². The number of rotatable bonds is 2. The number of carbonyl (C=O) groups excluding carboxylic acids is 1. The van der Waals surface area contributed by atoms with Gasteiger partial charge in [-0.1, -0.05) is 23.7 Å². The largest absolute Gasteiger partial charge is 0.481 e. The lowest BCUT2D eigenvalue weighted by Gasteiger charge is -2.27. The van der Waals surface area contributed by atoms with Crippen LogP contribution >= 0.6 is 11.6 Å². The molecule has 5 rings (SSSR count). The number of nitrogens with zero attached hydrogens (tertiary/aromatic N) is 2. The molecule has 0 bridgehead atoms. The molecule has 0 aliphatic carbocycles. The molecule has 0 N–H and O–H groups in total. The molecule has 2 aromatic carbocycles. The molecule has 3 aromatic rings. The number of benzene rings is 2. The maximum absolute atomic E-state index is 12.4. The second-order valence-electron chi connectivity index (χ2n) is 7.29. The van der Waals surface area contributed by atoms with Gasteiger partial charge in [-0.05, 0) is 47.0 Å². The predicted molar refractivity (Wildman–Crippen MR) is 111 cm³/mol. The highest BCUT2D eigenvalue weighted by Gasteiger charge is 2.46. The minimum Gasteiger partial charge on any atom is -0.481 e. The Labute approximate surface area is 173 Å². The fraction of sp³-hybridized carbons (Fsp3) is 0.217. The minimum absolute atomic E-state index is 0.0120. The highest BCUT2D eigenvalue weighted by Crippen LogP contribution is 2.56. The Morgan fingerprint density at radius 1 is 1.10 bits per heavy atom. The van der Waals surface area contributed by atoms with E-state index < -0.39 is 0 Å². The summed E-state index contributed by atoms with van der Waals surface area (Å²) in [4.78, 5) is 18.5. The molecule has 6 heteroatoms. The van der Waals surface area contributed by atoms with E-state index in [0.29, 0.717) is 17.4 Å². The first kappa shape index (κ1) is 18.2. The second-order valence-corrected chi connectivity index (χ2v) is 7.72. The maximum atomic E-state index is 12.4. The molecule has 1 aromatic heterocycles. The van der Waals surface area contributed by atoms with Crippen LogP contribution in [0.25, 0.3) is 11.1 Å².